The molecule has 1 N–H and O–H groups in total. The molecule has 1 saturated carbocycles. The van der Waals surface area contributed by atoms with Gasteiger partial charge in [0.15, 0.2) is 0 Å². The monoisotopic (exact) mass is 225 g/mol. The Morgan fingerprint density at radius 1 is 1.53 bits per heavy atom. The predicted octanol–water partition coefficient (Wildman–Crippen LogP) is 1.73. The lowest BCUT2D eigenvalue weighted by atomic mass is 10.1. The summed E-state index contributed by atoms with van der Waals surface area (Å²) in [6.45, 7) is 0.392. The van der Waals surface area contributed by atoms with Gasteiger partial charge in [0.1, 0.15) is 0 Å². The minimum atomic E-state index is -4.25. The average molecular weight is 225 g/mol. The Hall–Kier alpha value is -0.780. The highest BCUT2D eigenvalue weighted by Gasteiger charge is 2.38. The largest absolute Gasteiger partial charge is 0.481 e. The summed E-state index contributed by atoms with van der Waals surface area (Å²) in [5.41, 5.74) is 0. The molecule has 1 aliphatic carbocycles. The molecule has 0 heterocycles. The molecule has 1 rings (SSSR count). The van der Waals surface area contributed by atoms with Gasteiger partial charge < -0.3 is 5.11 Å². The van der Waals surface area contributed by atoms with E-state index < -0.39 is 24.6 Å². The number of hydrogen-bond donors (Lipinski definition) is 1. The second kappa shape index (κ2) is 4.38. The van der Waals surface area contributed by atoms with Gasteiger partial charge in [0, 0.05) is 12.6 Å². The molecule has 0 aromatic rings. The summed E-state index contributed by atoms with van der Waals surface area (Å²) in [6, 6.07) is -0.0755. The fraction of sp³-hybridized carbons (Fsp3) is 0.889. The van der Waals surface area contributed by atoms with Gasteiger partial charge in [0.2, 0.25) is 0 Å². The topological polar surface area (TPSA) is 40.5 Å². The molecule has 0 aromatic heterocycles. The van der Waals surface area contributed by atoms with Gasteiger partial charge in [-0.3, -0.25) is 9.69 Å². The van der Waals surface area contributed by atoms with Crippen molar-refractivity contribution in [3.05, 3.63) is 0 Å². The third-order valence-electron chi connectivity index (χ3n) is 2.38. The second-order valence-electron chi connectivity index (χ2n) is 4.02. The smallest absolute Gasteiger partial charge is 0.401 e. The van der Waals surface area contributed by atoms with E-state index in [1.54, 1.807) is 0 Å². The van der Waals surface area contributed by atoms with Gasteiger partial charge in [-0.1, -0.05) is 6.92 Å². The zero-order valence-electron chi connectivity index (χ0n) is 8.42. The van der Waals surface area contributed by atoms with Crippen molar-refractivity contribution in [1.29, 1.82) is 0 Å². The van der Waals surface area contributed by atoms with Crippen molar-refractivity contribution >= 4 is 5.97 Å². The lowest BCUT2D eigenvalue weighted by Gasteiger charge is -2.24. The molecule has 3 nitrogen and oxygen atoms in total. The number of carbonyl (C=O) groups is 1. The first-order valence-corrected chi connectivity index (χ1v) is 4.83. The maximum absolute atomic E-state index is 12.2. The van der Waals surface area contributed by atoms with Crippen LogP contribution in [0.5, 0.6) is 0 Å². The van der Waals surface area contributed by atoms with Crippen LogP contribution in [0.4, 0.5) is 13.2 Å². The fourth-order valence-corrected chi connectivity index (χ4v) is 1.44. The summed E-state index contributed by atoms with van der Waals surface area (Å²) in [5.74, 6) is -1.81. The van der Waals surface area contributed by atoms with Gasteiger partial charge in [-0.25, -0.2) is 0 Å². The molecule has 0 radical (unpaired) electrons. The molecule has 0 saturated heterocycles. The maximum atomic E-state index is 12.2. The van der Waals surface area contributed by atoms with Crippen LogP contribution in [0.1, 0.15) is 19.8 Å². The van der Waals surface area contributed by atoms with Crippen molar-refractivity contribution in [1.82, 2.24) is 4.90 Å². The number of rotatable bonds is 5. The molecule has 0 aromatic carbocycles. The SMILES string of the molecule is CC(CN(CC(F)(F)F)C1CC1)C(=O)O. The van der Waals surface area contributed by atoms with E-state index in [1.807, 2.05) is 0 Å². The summed E-state index contributed by atoms with van der Waals surface area (Å²) in [6.07, 6.45) is -2.77. The molecule has 0 amide bonds. The molecule has 1 atom stereocenters. The van der Waals surface area contributed by atoms with Crippen LogP contribution in [-0.4, -0.2) is 41.3 Å². The summed E-state index contributed by atoms with van der Waals surface area (Å²) in [7, 11) is 0. The number of nitrogens with zero attached hydrogens (tertiary/aromatic N) is 1. The minimum absolute atomic E-state index is 0.0283. The van der Waals surface area contributed by atoms with Crippen LogP contribution in [0.15, 0.2) is 0 Å². The number of alkyl halides is 3. The van der Waals surface area contributed by atoms with Crippen molar-refractivity contribution < 1.29 is 23.1 Å². The Bertz CT molecular complexity index is 238. The first-order valence-electron chi connectivity index (χ1n) is 4.83. The van der Waals surface area contributed by atoms with Gasteiger partial charge >= 0.3 is 12.1 Å². The standard InChI is InChI=1S/C9H14F3NO2/c1-6(8(14)15)4-13(7-2-3-7)5-9(10,11)12/h6-7H,2-5H2,1H3,(H,14,15). The highest BCUT2D eigenvalue weighted by atomic mass is 19.4. The molecule has 6 heteroatoms. The van der Waals surface area contributed by atoms with Crippen LogP contribution in [0, 0.1) is 5.92 Å². The first-order chi connectivity index (χ1) is 6.79. The molecule has 0 spiro atoms. The van der Waals surface area contributed by atoms with Gasteiger partial charge in [-0.05, 0) is 12.8 Å². The number of carboxylic acids is 1. The number of aliphatic carboxylic acids is 1. The number of carboxylic acid groups (broad SMARTS) is 1. The van der Waals surface area contributed by atoms with Gasteiger partial charge in [0.25, 0.3) is 0 Å². The Morgan fingerprint density at radius 2 is 2.07 bits per heavy atom. The third kappa shape index (κ3) is 4.51. The zero-order valence-corrected chi connectivity index (χ0v) is 8.42. The van der Waals surface area contributed by atoms with Gasteiger partial charge in [0.05, 0.1) is 12.5 Å². The van der Waals surface area contributed by atoms with Gasteiger partial charge in [-0.2, -0.15) is 13.2 Å². The third-order valence-corrected chi connectivity index (χ3v) is 2.38. The van der Waals surface area contributed by atoms with Gasteiger partial charge in [-0.15, -0.1) is 0 Å². The van der Waals surface area contributed by atoms with E-state index in [9.17, 15) is 18.0 Å². The zero-order chi connectivity index (χ0) is 11.6. The van der Waals surface area contributed by atoms with Crippen molar-refractivity contribution in [3.8, 4) is 0 Å². The quantitative estimate of drug-likeness (QED) is 0.774. The Kier molecular flexibility index (Phi) is 3.59. The lowest BCUT2D eigenvalue weighted by molar-refractivity contribution is -0.154. The van der Waals surface area contributed by atoms with Crippen LogP contribution in [-0.2, 0) is 4.79 Å². The number of halogens is 3. The summed E-state index contributed by atoms with van der Waals surface area (Å²) >= 11 is 0. The van der Waals surface area contributed by atoms with Crippen LogP contribution < -0.4 is 0 Å². The normalized spacial score (nSPS) is 19.3. The van der Waals surface area contributed by atoms with E-state index in [4.69, 9.17) is 5.11 Å². The van der Waals surface area contributed by atoms with Crippen molar-refractivity contribution in [2.24, 2.45) is 5.92 Å². The van der Waals surface area contributed by atoms with Crippen molar-refractivity contribution in [2.75, 3.05) is 13.1 Å². The molecular weight excluding hydrogens is 211 g/mol. The molecule has 1 fully saturated rings. The van der Waals surface area contributed by atoms with Crippen molar-refractivity contribution in [2.45, 2.75) is 32.0 Å². The average Bonchev–Trinajstić information content (AvgIpc) is 2.81. The lowest BCUT2D eigenvalue weighted by Crippen LogP contribution is -2.40. The van der Waals surface area contributed by atoms with Crippen molar-refractivity contribution in [3.63, 3.8) is 0 Å². The van der Waals surface area contributed by atoms with E-state index in [2.05, 4.69) is 0 Å². The predicted molar refractivity (Wildman–Crippen MR) is 47.4 cm³/mol. The van der Waals surface area contributed by atoms with Crippen LogP contribution in [0.3, 0.4) is 0 Å². The molecule has 1 aliphatic rings. The fourth-order valence-electron chi connectivity index (χ4n) is 1.44. The van der Waals surface area contributed by atoms with E-state index >= 15 is 0 Å². The Morgan fingerprint density at radius 3 is 2.40 bits per heavy atom. The van der Waals surface area contributed by atoms with Crippen LogP contribution in [0.25, 0.3) is 0 Å². The highest BCUT2D eigenvalue weighted by molar-refractivity contribution is 5.69. The molecule has 0 aliphatic heterocycles. The van der Waals surface area contributed by atoms with E-state index in [0.29, 0.717) is 0 Å². The van der Waals surface area contributed by atoms with E-state index in [1.165, 1.54) is 11.8 Å². The number of hydrogen-bond acceptors (Lipinski definition) is 2. The van der Waals surface area contributed by atoms with E-state index in [-0.39, 0.29) is 12.6 Å². The Labute approximate surface area is 85.9 Å². The first kappa shape index (κ1) is 12.3. The van der Waals surface area contributed by atoms with Crippen LogP contribution in [0.2, 0.25) is 0 Å². The molecular formula is C9H14F3NO2. The highest BCUT2D eigenvalue weighted by Crippen LogP contribution is 2.30. The molecule has 88 valence electrons. The molecule has 0 bridgehead atoms. The Balaban J connectivity index is 2.47. The molecule has 15 heavy (non-hydrogen) atoms. The second-order valence-corrected chi connectivity index (χ2v) is 4.02. The maximum Gasteiger partial charge on any atom is 0.401 e. The summed E-state index contributed by atoms with van der Waals surface area (Å²) < 4.78 is 36.5. The summed E-state index contributed by atoms with van der Waals surface area (Å²) in [5, 5.41) is 8.62. The summed E-state index contributed by atoms with van der Waals surface area (Å²) in [4.78, 5) is 11.8. The molecule has 1 unspecified atom stereocenters. The van der Waals surface area contributed by atoms with E-state index in [0.717, 1.165) is 12.8 Å². The minimum Gasteiger partial charge on any atom is -0.481 e. The van der Waals surface area contributed by atoms with Crippen LogP contribution >= 0.6 is 0 Å².